The molecule has 0 saturated carbocycles. The van der Waals surface area contributed by atoms with Crippen molar-refractivity contribution in [1.82, 2.24) is 0 Å². The number of carbonyl (C=O) groups is 2. The van der Waals surface area contributed by atoms with Gasteiger partial charge < -0.3 is 4.74 Å². The zero-order chi connectivity index (χ0) is 15.0. The summed E-state index contributed by atoms with van der Waals surface area (Å²) >= 11 is 0. The Morgan fingerprint density at radius 2 is 1.47 bits per heavy atom. The van der Waals surface area contributed by atoms with Crippen LogP contribution in [0.3, 0.4) is 0 Å². The molecule has 3 heteroatoms. The first kappa shape index (κ1) is 15.8. The van der Waals surface area contributed by atoms with Gasteiger partial charge in [0.15, 0.2) is 0 Å². The van der Waals surface area contributed by atoms with Crippen molar-refractivity contribution in [3.63, 3.8) is 0 Å². The molecule has 1 rings (SSSR count). The van der Waals surface area contributed by atoms with Crippen LogP contribution in [-0.4, -0.2) is 25.3 Å². The highest BCUT2D eigenvalue weighted by atomic mass is 16.5. The molecule has 0 saturated heterocycles. The Balaban J connectivity index is 3.51. The van der Waals surface area contributed by atoms with Crippen molar-refractivity contribution >= 4 is 11.6 Å². The predicted molar refractivity (Wildman–Crippen MR) is 75.9 cm³/mol. The zero-order valence-corrected chi connectivity index (χ0v) is 13.0. The molecule has 19 heavy (non-hydrogen) atoms. The summed E-state index contributed by atoms with van der Waals surface area (Å²) in [5, 5.41) is 0. The van der Waals surface area contributed by atoms with Crippen molar-refractivity contribution in [1.29, 1.82) is 0 Å². The van der Waals surface area contributed by atoms with Gasteiger partial charge >= 0.3 is 0 Å². The van der Waals surface area contributed by atoms with Gasteiger partial charge in [-0.3, -0.25) is 9.59 Å². The topological polar surface area (TPSA) is 43.4 Å². The van der Waals surface area contributed by atoms with E-state index in [-0.39, 0.29) is 17.4 Å². The fourth-order valence-corrected chi connectivity index (χ4v) is 2.19. The molecular weight excluding hydrogens is 240 g/mol. The second kappa shape index (κ2) is 5.04. The van der Waals surface area contributed by atoms with E-state index in [2.05, 4.69) is 0 Å². The van der Waals surface area contributed by atoms with E-state index in [0.717, 1.165) is 5.57 Å². The molecule has 0 unspecified atom stereocenters. The largest absolute Gasteiger partial charge is 0.380 e. The Labute approximate surface area is 115 Å². The SMILES string of the molecule is COCC1=C(C(C)(C)C)C=C(C(C)(C)C)C(=O)C1=O. The normalized spacial score (nSPS) is 17.9. The Bertz CT molecular complexity index is 465. The Morgan fingerprint density at radius 3 is 1.84 bits per heavy atom. The molecule has 0 heterocycles. The summed E-state index contributed by atoms with van der Waals surface area (Å²) in [6, 6.07) is 0. The average Bonchev–Trinajstić information content (AvgIpc) is 2.21. The molecule has 0 aromatic heterocycles. The molecular formula is C16H24O3. The standard InChI is InChI=1S/C16H24O3/c1-15(2,3)11-8-12(16(4,5)6)14(18)13(17)10(11)9-19-7/h8H,9H2,1-7H3. The van der Waals surface area contributed by atoms with E-state index in [0.29, 0.717) is 11.1 Å². The van der Waals surface area contributed by atoms with Gasteiger partial charge in [-0.25, -0.2) is 0 Å². The third-order valence-electron chi connectivity index (χ3n) is 3.24. The molecule has 0 radical (unpaired) electrons. The van der Waals surface area contributed by atoms with Crippen LogP contribution in [0.25, 0.3) is 0 Å². The van der Waals surface area contributed by atoms with Gasteiger partial charge in [0, 0.05) is 18.3 Å². The van der Waals surface area contributed by atoms with Gasteiger partial charge in [0.05, 0.1) is 6.61 Å². The number of rotatable bonds is 2. The van der Waals surface area contributed by atoms with Gasteiger partial charge in [0.25, 0.3) is 0 Å². The van der Waals surface area contributed by atoms with Crippen LogP contribution < -0.4 is 0 Å². The van der Waals surface area contributed by atoms with Crippen LogP contribution in [0, 0.1) is 10.8 Å². The zero-order valence-electron chi connectivity index (χ0n) is 13.0. The third-order valence-corrected chi connectivity index (χ3v) is 3.24. The number of Topliss-reactive ketones (excluding diaryl/α,β-unsaturated/α-hetero) is 2. The minimum absolute atomic E-state index is 0.186. The van der Waals surface area contributed by atoms with Crippen molar-refractivity contribution in [3.8, 4) is 0 Å². The molecule has 1 aliphatic rings. The van der Waals surface area contributed by atoms with Crippen LogP contribution in [0.5, 0.6) is 0 Å². The molecule has 0 aromatic rings. The highest BCUT2D eigenvalue weighted by Gasteiger charge is 2.37. The summed E-state index contributed by atoms with van der Waals surface area (Å²) in [6.45, 7) is 12.2. The van der Waals surface area contributed by atoms with Gasteiger partial charge in [0.2, 0.25) is 11.6 Å². The summed E-state index contributed by atoms with van der Waals surface area (Å²) < 4.78 is 5.09. The number of methoxy groups -OCH3 is 1. The highest BCUT2D eigenvalue weighted by molar-refractivity contribution is 6.50. The Kier molecular flexibility index (Phi) is 4.20. The average molecular weight is 264 g/mol. The summed E-state index contributed by atoms with van der Waals surface area (Å²) in [7, 11) is 1.54. The van der Waals surface area contributed by atoms with E-state index >= 15 is 0 Å². The molecule has 0 aliphatic heterocycles. The van der Waals surface area contributed by atoms with E-state index in [9.17, 15) is 9.59 Å². The summed E-state index contributed by atoms with van der Waals surface area (Å²) in [5.41, 5.74) is 1.46. The molecule has 0 spiro atoms. The summed E-state index contributed by atoms with van der Waals surface area (Å²) in [6.07, 6.45) is 1.89. The van der Waals surface area contributed by atoms with Crippen molar-refractivity contribution in [2.24, 2.45) is 10.8 Å². The highest BCUT2D eigenvalue weighted by Crippen LogP contribution is 2.38. The molecule has 0 amide bonds. The van der Waals surface area contributed by atoms with Gasteiger partial charge in [-0.05, 0) is 16.4 Å². The minimum Gasteiger partial charge on any atom is -0.380 e. The third kappa shape index (κ3) is 3.21. The number of ketones is 2. The van der Waals surface area contributed by atoms with E-state index in [1.165, 1.54) is 7.11 Å². The molecule has 0 atom stereocenters. The van der Waals surface area contributed by atoms with Crippen LogP contribution in [0.15, 0.2) is 22.8 Å². The van der Waals surface area contributed by atoms with Gasteiger partial charge in [-0.2, -0.15) is 0 Å². The lowest BCUT2D eigenvalue weighted by Crippen LogP contribution is -2.33. The van der Waals surface area contributed by atoms with Crippen LogP contribution in [0.1, 0.15) is 41.5 Å². The maximum atomic E-state index is 12.3. The van der Waals surface area contributed by atoms with E-state index < -0.39 is 11.6 Å². The van der Waals surface area contributed by atoms with Crippen molar-refractivity contribution in [2.45, 2.75) is 41.5 Å². The lowest BCUT2D eigenvalue weighted by molar-refractivity contribution is -0.133. The van der Waals surface area contributed by atoms with Crippen LogP contribution >= 0.6 is 0 Å². The number of hydrogen-bond donors (Lipinski definition) is 0. The van der Waals surface area contributed by atoms with Crippen molar-refractivity contribution in [2.75, 3.05) is 13.7 Å². The van der Waals surface area contributed by atoms with Gasteiger partial charge in [-0.1, -0.05) is 47.6 Å². The molecule has 0 aromatic carbocycles. The monoisotopic (exact) mass is 264 g/mol. The summed E-state index contributed by atoms with van der Waals surface area (Å²) in [4.78, 5) is 24.5. The lowest BCUT2D eigenvalue weighted by Gasteiger charge is -2.31. The fourth-order valence-electron chi connectivity index (χ4n) is 2.19. The van der Waals surface area contributed by atoms with E-state index in [1.807, 2.05) is 47.6 Å². The fraction of sp³-hybridized carbons (Fsp3) is 0.625. The maximum Gasteiger partial charge on any atom is 0.231 e. The first-order valence-electron chi connectivity index (χ1n) is 6.54. The van der Waals surface area contributed by atoms with Crippen molar-refractivity contribution < 1.29 is 14.3 Å². The Hall–Kier alpha value is -1.22. The second-order valence-electron chi connectivity index (χ2n) is 7.04. The summed E-state index contributed by atoms with van der Waals surface area (Å²) in [5.74, 6) is -0.813. The van der Waals surface area contributed by atoms with Gasteiger partial charge in [-0.15, -0.1) is 0 Å². The first-order valence-corrected chi connectivity index (χ1v) is 6.54. The van der Waals surface area contributed by atoms with Crippen LogP contribution in [0.4, 0.5) is 0 Å². The maximum absolute atomic E-state index is 12.3. The van der Waals surface area contributed by atoms with E-state index in [1.54, 1.807) is 0 Å². The molecule has 106 valence electrons. The number of allylic oxidation sites excluding steroid dienone is 3. The number of hydrogen-bond acceptors (Lipinski definition) is 3. The van der Waals surface area contributed by atoms with Crippen LogP contribution in [-0.2, 0) is 14.3 Å². The molecule has 0 N–H and O–H groups in total. The molecule has 0 fully saturated rings. The number of ether oxygens (including phenoxy) is 1. The van der Waals surface area contributed by atoms with E-state index in [4.69, 9.17) is 4.74 Å². The second-order valence-corrected chi connectivity index (χ2v) is 7.04. The smallest absolute Gasteiger partial charge is 0.231 e. The molecule has 0 bridgehead atoms. The number of carbonyl (C=O) groups excluding carboxylic acids is 2. The van der Waals surface area contributed by atoms with Gasteiger partial charge in [0.1, 0.15) is 0 Å². The minimum atomic E-state index is -0.417. The molecule has 3 nitrogen and oxygen atoms in total. The lowest BCUT2D eigenvalue weighted by atomic mass is 9.72. The Morgan fingerprint density at radius 1 is 0.947 bits per heavy atom. The predicted octanol–water partition coefficient (Wildman–Crippen LogP) is 3.10. The molecule has 1 aliphatic carbocycles. The first-order chi connectivity index (χ1) is 8.50. The van der Waals surface area contributed by atoms with Crippen molar-refractivity contribution in [3.05, 3.63) is 22.8 Å². The quantitative estimate of drug-likeness (QED) is 0.568. The van der Waals surface area contributed by atoms with Crippen LogP contribution in [0.2, 0.25) is 0 Å².